The molecule has 12 nitrogen and oxygen atoms in total. The number of nitrogens with zero attached hydrogens (tertiary/aromatic N) is 5. The second kappa shape index (κ2) is 11.9. The largest absolute Gasteiger partial charge is 0.375 e. The third-order valence-electron chi connectivity index (χ3n) is 6.95. The fraction of sp³-hybridized carbons (Fsp3) is 0.370. The first-order valence-electron chi connectivity index (χ1n) is 13.2. The summed E-state index contributed by atoms with van der Waals surface area (Å²) in [5.74, 6) is -0.534. The quantitative estimate of drug-likeness (QED) is 0.269. The molecule has 0 aliphatic carbocycles. The lowest BCUT2D eigenvalue weighted by Crippen LogP contribution is -2.54. The van der Waals surface area contributed by atoms with E-state index < -0.39 is 6.04 Å². The summed E-state index contributed by atoms with van der Waals surface area (Å²) < 4.78 is 0.945. The molecule has 0 spiro atoms. The van der Waals surface area contributed by atoms with E-state index >= 15 is 0 Å². The number of hydrazine groups is 1. The van der Waals surface area contributed by atoms with Crippen LogP contribution in [0.2, 0.25) is 0 Å². The molecule has 1 fully saturated rings. The van der Waals surface area contributed by atoms with Gasteiger partial charge in [-0.2, -0.15) is 5.10 Å². The first kappa shape index (κ1) is 27.3. The summed E-state index contributed by atoms with van der Waals surface area (Å²) >= 11 is 1.40. The molecule has 0 unspecified atom stereocenters. The zero-order chi connectivity index (χ0) is 28.2. The second-order valence-corrected chi connectivity index (χ2v) is 10.8. The predicted octanol–water partition coefficient (Wildman–Crippen LogP) is 2.09. The van der Waals surface area contributed by atoms with Crippen molar-refractivity contribution in [3.05, 3.63) is 53.7 Å². The Labute approximate surface area is 235 Å². The smallest absolute Gasteiger partial charge is 0.331 e. The summed E-state index contributed by atoms with van der Waals surface area (Å²) in [6.45, 7) is 3.24. The average molecular weight is 564 g/mol. The van der Waals surface area contributed by atoms with Crippen molar-refractivity contribution >= 4 is 55.4 Å². The molecule has 0 saturated carbocycles. The van der Waals surface area contributed by atoms with Crippen molar-refractivity contribution in [2.75, 3.05) is 39.0 Å². The molecular formula is C27H33N9O3S. The van der Waals surface area contributed by atoms with E-state index in [2.05, 4.69) is 25.8 Å². The van der Waals surface area contributed by atoms with Gasteiger partial charge in [0, 0.05) is 45.0 Å². The lowest BCUT2D eigenvalue weighted by molar-refractivity contribution is -0.136. The van der Waals surface area contributed by atoms with Crippen LogP contribution in [-0.4, -0.2) is 87.2 Å². The van der Waals surface area contributed by atoms with Crippen molar-refractivity contribution < 1.29 is 14.4 Å². The van der Waals surface area contributed by atoms with Crippen LogP contribution in [0.4, 0.5) is 9.93 Å². The Balaban J connectivity index is 1.48. The monoisotopic (exact) mass is 563 g/mol. The second-order valence-electron chi connectivity index (χ2n) is 9.76. The van der Waals surface area contributed by atoms with Crippen LogP contribution >= 0.6 is 11.3 Å². The first-order valence-corrected chi connectivity index (χ1v) is 14.1. The molecule has 3 heterocycles. The van der Waals surface area contributed by atoms with Crippen LogP contribution in [0, 0.1) is 0 Å². The summed E-state index contributed by atoms with van der Waals surface area (Å²) in [6, 6.07) is 10.5. The molecule has 1 saturated heterocycles. The van der Waals surface area contributed by atoms with Gasteiger partial charge >= 0.3 is 6.03 Å². The number of nitrogens with one attached hydrogen (secondary N) is 3. The van der Waals surface area contributed by atoms with Gasteiger partial charge in [0.1, 0.15) is 6.04 Å². The molecule has 2 aromatic carbocycles. The number of anilines is 1. The van der Waals surface area contributed by atoms with Gasteiger partial charge in [-0.1, -0.05) is 36.5 Å². The van der Waals surface area contributed by atoms with Crippen molar-refractivity contribution in [2.45, 2.75) is 32.4 Å². The summed E-state index contributed by atoms with van der Waals surface area (Å²) in [7, 11) is 1.56. The van der Waals surface area contributed by atoms with Gasteiger partial charge in [-0.05, 0) is 35.7 Å². The van der Waals surface area contributed by atoms with Crippen molar-refractivity contribution in [2.24, 2.45) is 0 Å². The zero-order valence-electron chi connectivity index (χ0n) is 22.5. The molecule has 4 amide bonds. The number of hydrogen-bond acceptors (Lipinski definition) is 8. The van der Waals surface area contributed by atoms with Crippen LogP contribution < -0.4 is 16.4 Å². The lowest BCUT2D eigenvalue weighted by atomic mass is 10.0. The number of carbonyl (C=O) groups excluding carboxylic acids is 3. The Bertz CT molecular complexity index is 1530. The Morgan fingerprint density at radius 3 is 2.90 bits per heavy atom. The van der Waals surface area contributed by atoms with Crippen molar-refractivity contribution in [1.82, 2.24) is 40.7 Å². The molecule has 2 aromatic heterocycles. The highest BCUT2D eigenvalue weighted by Gasteiger charge is 2.32. The molecule has 5 N–H and O–H groups in total. The molecule has 1 aliphatic rings. The number of aromatic amines is 1. The van der Waals surface area contributed by atoms with E-state index in [0.717, 1.165) is 32.2 Å². The minimum atomic E-state index is -0.795. The standard InChI is InChI=1S/C27H33N9O3S/c1-3-9-36(27(39)29-2)35-11-10-34(15-18-5-4-6-22-24(18)32-26(28)40-22)25(38)21(31-23(37)16-35)13-17-7-8-20-19(12-17)14-30-33-20/h4-8,12,14,21H,3,9-11,13,15-16H2,1-2H3,(H2,28,32)(H,29,39)(H,30,33)(H,31,37)/t21-/m0/s1. The van der Waals surface area contributed by atoms with Gasteiger partial charge in [-0.3, -0.25) is 19.7 Å². The molecule has 0 bridgehead atoms. The van der Waals surface area contributed by atoms with E-state index in [4.69, 9.17) is 5.73 Å². The molecule has 1 atom stereocenters. The normalized spacial score (nSPS) is 16.9. The van der Waals surface area contributed by atoms with Crippen molar-refractivity contribution in [3.8, 4) is 0 Å². The molecule has 210 valence electrons. The number of thiazole rings is 1. The van der Waals surface area contributed by atoms with Crippen molar-refractivity contribution in [1.29, 1.82) is 0 Å². The van der Waals surface area contributed by atoms with E-state index in [1.54, 1.807) is 23.2 Å². The topological polar surface area (TPSA) is 153 Å². The molecule has 1 aliphatic heterocycles. The van der Waals surface area contributed by atoms with Gasteiger partial charge in [0.05, 0.1) is 28.5 Å². The van der Waals surface area contributed by atoms with E-state index in [1.165, 1.54) is 16.3 Å². The van der Waals surface area contributed by atoms with E-state index in [9.17, 15) is 14.4 Å². The third kappa shape index (κ3) is 5.84. The SMILES string of the molecule is CCCN(C(=O)NC)N1CCN(Cc2cccc3sc(N)nc23)C(=O)[C@H](Cc2ccc3[nH]ncc3c2)NC(=O)C1. The summed E-state index contributed by atoms with van der Waals surface area (Å²) in [5, 5.41) is 17.3. The first-order chi connectivity index (χ1) is 19.4. The Morgan fingerprint density at radius 2 is 2.10 bits per heavy atom. The molecule has 0 radical (unpaired) electrons. The number of urea groups is 1. The van der Waals surface area contributed by atoms with Crippen LogP contribution in [0.15, 0.2) is 42.6 Å². The Morgan fingerprint density at radius 1 is 1.25 bits per heavy atom. The maximum absolute atomic E-state index is 14.1. The number of nitrogens with two attached hydrogens (primary N) is 1. The highest BCUT2D eigenvalue weighted by atomic mass is 32.1. The number of nitrogen functional groups attached to an aromatic ring is 1. The number of H-pyrrole nitrogens is 1. The minimum absolute atomic E-state index is 0.0516. The predicted molar refractivity (Wildman–Crippen MR) is 154 cm³/mol. The highest BCUT2D eigenvalue weighted by Crippen LogP contribution is 2.27. The summed E-state index contributed by atoms with van der Waals surface area (Å²) in [5.41, 5.74) is 9.41. The average Bonchev–Trinajstić information content (AvgIpc) is 3.58. The van der Waals surface area contributed by atoms with Crippen LogP contribution in [0.3, 0.4) is 0 Å². The number of rotatable bonds is 7. The number of fused-ring (bicyclic) bond motifs is 2. The third-order valence-corrected chi connectivity index (χ3v) is 7.80. The van der Waals surface area contributed by atoms with Gasteiger partial charge in [-0.25, -0.2) is 14.8 Å². The summed E-state index contributed by atoms with van der Waals surface area (Å²) in [6.07, 6.45) is 2.75. The number of hydrogen-bond donors (Lipinski definition) is 4. The van der Waals surface area contributed by atoms with Crippen molar-refractivity contribution in [3.63, 3.8) is 0 Å². The van der Waals surface area contributed by atoms with Gasteiger partial charge in [-0.15, -0.1) is 0 Å². The van der Waals surface area contributed by atoms with Gasteiger partial charge in [0.15, 0.2) is 5.13 Å². The highest BCUT2D eigenvalue weighted by molar-refractivity contribution is 7.22. The van der Waals surface area contributed by atoms with E-state index in [0.29, 0.717) is 37.6 Å². The number of benzene rings is 2. The van der Waals surface area contributed by atoms with Crippen LogP contribution in [0.1, 0.15) is 24.5 Å². The summed E-state index contributed by atoms with van der Waals surface area (Å²) in [4.78, 5) is 46.3. The van der Waals surface area contributed by atoms with Gasteiger partial charge in [0.25, 0.3) is 0 Å². The van der Waals surface area contributed by atoms with E-state index in [1.807, 2.05) is 43.3 Å². The van der Waals surface area contributed by atoms with Crippen LogP contribution in [0.5, 0.6) is 0 Å². The molecular weight excluding hydrogens is 530 g/mol. The minimum Gasteiger partial charge on any atom is -0.375 e. The fourth-order valence-electron chi connectivity index (χ4n) is 5.04. The Kier molecular flexibility index (Phi) is 8.12. The number of aromatic nitrogens is 3. The molecule has 13 heteroatoms. The Hall–Kier alpha value is -4.23. The molecule has 4 aromatic rings. The zero-order valence-corrected chi connectivity index (χ0v) is 23.3. The van der Waals surface area contributed by atoms with Crippen LogP contribution in [0.25, 0.3) is 21.1 Å². The lowest BCUT2D eigenvalue weighted by Gasteiger charge is -2.34. The number of carbonyl (C=O) groups is 3. The number of amides is 4. The maximum Gasteiger partial charge on any atom is 0.331 e. The number of para-hydroxylation sites is 1. The van der Waals surface area contributed by atoms with Gasteiger partial charge < -0.3 is 21.3 Å². The van der Waals surface area contributed by atoms with Crippen LogP contribution in [-0.2, 0) is 22.6 Å². The maximum atomic E-state index is 14.1. The van der Waals surface area contributed by atoms with E-state index in [-0.39, 0.29) is 30.9 Å². The fourth-order valence-corrected chi connectivity index (χ4v) is 5.82. The van der Waals surface area contributed by atoms with Gasteiger partial charge in [0.2, 0.25) is 11.8 Å². The molecule has 5 rings (SSSR count). The molecule has 40 heavy (non-hydrogen) atoms.